The topological polar surface area (TPSA) is 60.8 Å². The maximum Gasteiger partial charge on any atom is 0.222 e. The van der Waals surface area contributed by atoms with Crippen molar-refractivity contribution < 1.29 is 15.0 Å². The van der Waals surface area contributed by atoms with Gasteiger partial charge in [0.05, 0.1) is 13.2 Å². The average molecular weight is 331 g/mol. The van der Waals surface area contributed by atoms with Gasteiger partial charge in [-0.2, -0.15) is 0 Å². The van der Waals surface area contributed by atoms with Crippen LogP contribution < -0.4 is 0 Å². The number of aryl methyl sites for hydroxylation is 1. The summed E-state index contributed by atoms with van der Waals surface area (Å²) in [6.45, 7) is 5.74. The molecule has 4 heteroatoms. The highest BCUT2D eigenvalue weighted by atomic mass is 16.3. The minimum absolute atomic E-state index is 0.0641. The van der Waals surface area contributed by atoms with E-state index in [-0.39, 0.29) is 30.0 Å². The van der Waals surface area contributed by atoms with Crippen molar-refractivity contribution in [2.75, 3.05) is 26.3 Å². The lowest BCUT2D eigenvalue weighted by Gasteiger charge is -2.21. The summed E-state index contributed by atoms with van der Waals surface area (Å²) >= 11 is 0. The molecule has 0 aromatic heterocycles. The van der Waals surface area contributed by atoms with Gasteiger partial charge in [-0.05, 0) is 36.3 Å². The minimum atomic E-state index is -0.240. The number of carbonyl (C=O) groups excluding carboxylic acids is 1. The predicted molar refractivity (Wildman–Crippen MR) is 93.5 cm³/mol. The second kappa shape index (κ2) is 6.49. The van der Waals surface area contributed by atoms with Crippen LogP contribution >= 0.6 is 0 Å². The van der Waals surface area contributed by atoms with Crippen molar-refractivity contribution in [3.05, 3.63) is 35.4 Å². The third kappa shape index (κ3) is 3.09. The van der Waals surface area contributed by atoms with E-state index >= 15 is 0 Å². The van der Waals surface area contributed by atoms with Crippen molar-refractivity contribution in [3.63, 3.8) is 0 Å². The first-order chi connectivity index (χ1) is 11.4. The van der Waals surface area contributed by atoms with E-state index in [1.165, 1.54) is 11.1 Å². The minimum Gasteiger partial charge on any atom is -0.396 e. The van der Waals surface area contributed by atoms with Crippen LogP contribution in [0.5, 0.6) is 0 Å². The standard InChI is InChI=1S/C20H29NO3/c1-15(2)9-17-5-3-16(4-6-17)7-8-18(24)21-11-19(13-22)10-20(19,12-21)14-23/h3-6,15,22-23H,7-14H2,1-2H3/t19-,20+. The SMILES string of the molecule is CC(C)Cc1ccc(CCC(=O)N2C[C@@]3(CO)C[C@@]3(CO)C2)cc1. The number of rotatable bonds is 7. The Morgan fingerprint density at radius 3 is 2.12 bits per heavy atom. The molecular formula is C20H29NO3. The fourth-order valence-corrected chi connectivity index (χ4v) is 4.28. The maximum atomic E-state index is 12.5. The molecule has 1 aliphatic carbocycles. The number of likely N-dealkylation sites (tertiary alicyclic amines) is 1. The van der Waals surface area contributed by atoms with Gasteiger partial charge in [0, 0.05) is 30.3 Å². The molecule has 1 saturated carbocycles. The van der Waals surface area contributed by atoms with Gasteiger partial charge in [0.25, 0.3) is 0 Å². The third-order valence-corrected chi connectivity index (χ3v) is 5.92. The number of nitrogens with zero attached hydrogens (tertiary/aromatic N) is 1. The third-order valence-electron chi connectivity index (χ3n) is 5.92. The Morgan fingerprint density at radius 1 is 1.08 bits per heavy atom. The second-order valence-corrected chi connectivity index (χ2v) is 8.22. The van der Waals surface area contributed by atoms with Gasteiger partial charge in [-0.25, -0.2) is 0 Å². The maximum absolute atomic E-state index is 12.5. The van der Waals surface area contributed by atoms with Crippen LogP contribution in [0.2, 0.25) is 0 Å². The normalized spacial score (nSPS) is 28.3. The van der Waals surface area contributed by atoms with Gasteiger partial charge in [-0.15, -0.1) is 0 Å². The quantitative estimate of drug-likeness (QED) is 0.803. The van der Waals surface area contributed by atoms with Gasteiger partial charge in [0.2, 0.25) is 5.91 Å². The van der Waals surface area contributed by atoms with Gasteiger partial charge in [0.1, 0.15) is 0 Å². The number of carbonyl (C=O) groups is 1. The van der Waals surface area contributed by atoms with E-state index in [1.54, 1.807) is 0 Å². The number of aliphatic hydroxyl groups excluding tert-OH is 2. The number of aliphatic hydroxyl groups is 2. The highest BCUT2D eigenvalue weighted by Crippen LogP contribution is 2.67. The number of fused-ring (bicyclic) bond motifs is 1. The van der Waals surface area contributed by atoms with Gasteiger partial charge in [-0.1, -0.05) is 38.1 Å². The van der Waals surface area contributed by atoms with E-state index in [0.717, 1.165) is 19.3 Å². The molecule has 2 aliphatic rings. The van der Waals surface area contributed by atoms with Crippen molar-refractivity contribution in [2.24, 2.45) is 16.7 Å². The van der Waals surface area contributed by atoms with Crippen LogP contribution in [0, 0.1) is 16.7 Å². The largest absolute Gasteiger partial charge is 0.396 e. The fourth-order valence-electron chi connectivity index (χ4n) is 4.28. The summed E-state index contributed by atoms with van der Waals surface area (Å²) in [7, 11) is 0. The summed E-state index contributed by atoms with van der Waals surface area (Å²) < 4.78 is 0. The summed E-state index contributed by atoms with van der Waals surface area (Å²) in [6.07, 6.45) is 3.16. The zero-order valence-electron chi connectivity index (χ0n) is 14.8. The summed E-state index contributed by atoms with van der Waals surface area (Å²) in [6, 6.07) is 8.56. The first kappa shape index (κ1) is 17.4. The molecule has 1 heterocycles. The van der Waals surface area contributed by atoms with Crippen LogP contribution in [0.3, 0.4) is 0 Å². The van der Waals surface area contributed by atoms with Crippen molar-refractivity contribution in [1.82, 2.24) is 4.90 Å². The number of piperidine rings is 1. The zero-order chi connectivity index (χ0) is 17.4. The van der Waals surface area contributed by atoms with Crippen molar-refractivity contribution in [3.8, 4) is 0 Å². The predicted octanol–water partition coefficient (Wildman–Crippen LogP) is 2.02. The fraction of sp³-hybridized carbons (Fsp3) is 0.650. The number of benzene rings is 1. The van der Waals surface area contributed by atoms with Gasteiger partial charge < -0.3 is 15.1 Å². The van der Waals surface area contributed by atoms with Crippen LogP contribution in [0.4, 0.5) is 0 Å². The Balaban J connectivity index is 1.52. The van der Waals surface area contributed by atoms with Gasteiger partial charge >= 0.3 is 0 Å². The number of amides is 1. The molecule has 132 valence electrons. The van der Waals surface area contributed by atoms with E-state index in [4.69, 9.17) is 0 Å². The summed E-state index contributed by atoms with van der Waals surface area (Å²) in [5, 5.41) is 19.2. The molecular weight excluding hydrogens is 302 g/mol. The number of hydrogen-bond acceptors (Lipinski definition) is 3. The monoisotopic (exact) mass is 331 g/mol. The molecule has 2 atom stereocenters. The molecule has 0 spiro atoms. The first-order valence-electron chi connectivity index (χ1n) is 9.01. The molecule has 0 radical (unpaired) electrons. The average Bonchev–Trinajstić information content (AvgIpc) is 3.09. The Bertz CT molecular complexity index is 579. The zero-order valence-corrected chi connectivity index (χ0v) is 14.8. The molecule has 3 rings (SSSR count). The van der Waals surface area contributed by atoms with Crippen LogP contribution in [0.25, 0.3) is 0 Å². The number of hydrogen-bond donors (Lipinski definition) is 2. The molecule has 2 fully saturated rings. The molecule has 2 N–H and O–H groups in total. The Hall–Kier alpha value is -1.39. The lowest BCUT2D eigenvalue weighted by atomic mass is 9.98. The van der Waals surface area contributed by atoms with Crippen LogP contribution in [-0.4, -0.2) is 47.3 Å². The summed E-state index contributed by atoms with van der Waals surface area (Å²) in [5.41, 5.74) is 2.05. The Labute approximate surface area is 144 Å². The second-order valence-electron chi connectivity index (χ2n) is 8.22. The van der Waals surface area contributed by atoms with Crippen LogP contribution in [-0.2, 0) is 17.6 Å². The molecule has 0 unspecified atom stereocenters. The van der Waals surface area contributed by atoms with Crippen molar-refractivity contribution in [2.45, 2.75) is 39.5 Å². The Kier molecular flexibility index (Phi) is 4.71. The lowest BCUT2D eigenvalue weighted by Crippen LogP contribution is -2.33. The van der Waals surface area contributed by atoms with E-state index in [0.29, 0.717) is 25.4 Å². The van der Waals surface area contributed by atoms with Crippen molar-refractivity contribution in [1.29, 1.82) is 0 Å². The van der Waals surface area contributed by atoms with E-state index in [1.807, 2.05) is 4.90 Å². The van der Waals surface area contributed by atoms with E-state index in [2.05, 4.69) is 38.1 Å². The molecule has 1 aromatic carbocycles. The smallest absolute Gasteiger partial charge is 0.222 e. The lowest BCUT2D eigenvalue weighted by molar-refractivity contribution is -0.131. The first-order valence-corrected chi connectivity index (χ1v) is 9.01. The molecule has 0 bridgehead atoms. The van der Waals surface area contributed by atoms with Crippen LogP contribution in [0.1, 0.15) is 37.8 Å². The molecule has 1 aromatic rings. The Morgan fingerprint density at radius 2 is 1.62 bits per heavy atom. The molecule has 1 aliphatic heterocycles. The van der Waals surface area contributed by atoms with Gasteiger partial charge in [0.15, 0.2) is 0 Å². The van der Waals surface area contributed by atoms with Gasteiger partial charge in [-0.3, -0.25) is 4.79 Å². The van der Waals surface area contributed by atoms with E-state index in [9.17, 15) is 15.0 Å². The molecule has 1 saturated heterocycles. The van der Waals surface area contributed by atoms with Crippen LogP contribution in [0.15, 0.2) is 24.3 Å². The van der Waals surface area contributed by atoms with E-state index < -0.39 is 0 Å². The molecule has 4 nitrogen and oxygen atoms in total. The highest BCUT2D eigenvalue weighted by molar-refractivity contribution is 5.77. The summed E-state index contributed by atoms with van der Waals surface area (Å²) in [4.78, 5) is 14.3. The molecule has 1 amide bonds. The highest BCUT2D eigenvalue weighted by Gasteiger charge is 2.71. The summed E-state index contributed by atoms with van der Waals surface area (Å²) in [5.74, 6) is 0.783. The van der Waals surface area contributed by atoms with Crippen molar-refractivity contribution >= 4 is 5.91 Å². The molecule has 24 heavy (non-hydrogen) atoms.